The van der Waals surface area contributed by atoms with Crippen LogP contribution in [0.25, 0.3) is 0 Å². The molecule has 1 atom stereocenters. The molecule has 7 heteroatoms. The fourth-order valence-electron chi connectivity index (χ4n) is 3.34. The molecule has 1 aliphatic rings. The number of amides is 1. The first-order valence-electron chi connectivity index (χ1n) is 9.73. The minimum atomic E-state index is -0.538. The highest BCUT2D eigenvalue weighted by Gasteiger charge is 2.26. The molecule has 28 heavy (non-hydrogen) atoms. The average Bonchev–Trinajstić information content (AvgIpc) is 2.64. The van der Waals surface area contributed by atoms with Crippen molar-refractivity contribution in [1.29, 1.82) is 0 Å². The van der Waals surface area contributed by atoms with Gasteiger partial charge in [-0.25, -0.2) is 4.79 Å². The highest BCUT2D eigenvalue weighted by atomic mass is 79.9. The van der Waals surface area contributed by atoms with Crippen LogP contribution < -0.4 is 5.32 Å². The molecular weight excluding hydrogens is 424 g/mol. The fourth-order valence-corrected chi connectivity index (χ4v) is 3.60. The van der Waals surface area contributed by atoms with Gasteiger partial charge in [-0.15, -0.1) is 0 Å². The van der Waals surface area contributed by atoms with Gasteiger partial charge in [0, 0.05) is 11.0 Å². The van der Waals surface area contributed by atoms with Crippen molar-refractivity contribution < 1.29 is 19.1 Å². The number of hydrogen-bond acceptors (Lipinski definition) is 5. The maximum atomic E-state index is 12.3. The molecule has 1 aromatic rings. The van der Waals surface area contributed by atoms with E-state index in [-0.39, 0.29) is 17.9 Å². The monoisotopic (exact) mass is 454 g/mol. The van der Waals surface area contributed by atoms with Crippen LogP contribution in [0.3, 0.4) is 0 Å². The molecule has 0 aliphatic carbocycles. The highest BCUT2D eigenvalue weighted by Crippen LogP contribution is 2.23. The van der Waals surface area contributed by atoms with Crippen LogP contribution in [-0.4, -0.2) is 49.3 Å². The van der Waals surface area contributed by atoms with Crippen LogP contribution >= 0.6 is 15.9 Å². The number of benzene rings is 1. The van der Waals surface area contributed by atoms with Gasteiger partial charge in [0.05, 0.1) is 19.1 Å². The van der Waals surface area contributed by atoms with Crippen LogP contribution in [0.5, 0.6) is 0 Å². The normalized spacial score (nSPS) is 17.0. The summed E-state index contributed by atoms with van der Waals surface area (Å²) in [6.45, 7) is 8.12. The standard InChI is InChI=1S/C21H31BrN2O4/c1-21(2,3)28-20(26)23-18(15-5-7-17(22)8-6-15)11-14-24-12-9-16(10-13-24)19(25)27-4/h5-8,16,18H,9-14H2,1-4H3,(H,23,26)/t18-/m1/s1. The van der Waals surface area contributed by atoms with E-state index in [1.807, 2.05) is 45.0 Å². The number of piperidine rings is 1. The summed E-state index contributed by atoms with van der Waals surface area (Å²) in [5.41, 5.74) is 0.503. The predicted molar refractivity (Wildman–Crippen MR) is 112 cm³/mol. The van der Waals surface area contributed by atoms with Gasteiger partial charge >= 0.3 is 12.1 Å². The molecule has 1 aromatic carbocycles. The van der Waals surface area contributed by atoms with E-state index in [0.717, 1.165) is 48.9 Å². The Labute approximate surface area is 176 Å². The Morgan fingerprint density at radius 1 is 1.21 bits per heavy atom. The van der Waals surface area contributed by atoms with Crippen molar-refractivity contribution in [1.82, 2.24) is 10.2 Å². The number of methoxy groups -OCH3 is 1. The average molecular weight is 455 g/mol. The summed E-state index contributed by atoms with van der Waals surface area (Å²) in [6, 6.07) is 7.83. The molecule has 1 fully saturated rings. The molecule has 1 saturated heterocycles. The van der Waals surface area contributed by atoms with Crippen molar-refractivity contribution in [2.45, 2.75) is 51.7 Å². The molecule has 1 N–H and O–H groups in total. The lowest BCUT2D eigenvalue weighted by Crippen LogP contribution is -2.40. The number of likely N-dealkylation sites (tertiary alicyclic amines) is 1. The van der Waals surface area contributed by atoms with Crippen molar-refractivity contribution in [3.05, 3.63) is 34.3 Å². The van der Waals surface area contributed by atoms with Crippen molar-refractivity contribution in [2.75, 3.05) is 26.7 Å². The predicted octanol–water partition coefficient (Wildman–Crippen LogP) is 4.29. The molecule has 1 aliphatic heterocycles. The summed E-state index contributed by atoms with van der Waals surface area (Å²) >= 11 is 3.45. The molecule has 6 nitrogen and oxygen atoms in total. The Balaban J connectivity index is 1.95. The number of hydrogen-bond donors (Lipinski definition) is 1. The lowest BCUT2D eigenvalue weighted by atomic mass is 9.96. The van der Waals surface area contributed by atoms with Crippen LogP contribution in [-0.2, 0) is 14.3 Å². The summed E-state index contributed by atoms with van der Waals surface area (Å²) in [5.74, 6) is -0.109. The van der Waals surface area contributed by atoms with Crippen LogP contribution in [0.4, 0.5) is 4.79 Å². The largest absolute Gasteiger partial charge is 0.469 e. The minimum absolute atomic E-state index is 0.00316. The van der Waals surface area contributed by atoms with E-state index >= 15 is 0 Å². The van der Waals surface area contributed by atoms with Crippen LogP contribution in [0.15, 0.2) is 28.7 Å². The van der Waals surface area contributed by atoms with E-state index < -0.39 is 11.7 Å². The molecule has 1 heterocycles. The molecule has 2 rings (SSSR count). The molecule has 0 aromatic heterocycles. The van der Waals surface area contributed by atoms with Crippen molar-refractivity contribution in [2.24, 2.45) is 5.92 Å². The summed E-state index contributed by atoms with van der Waals surface area (Å²) in [5, 5.41) is 3.01. The molecule has 0 saturated carbocycles. The number of carbonyl (C=O) groups excluding carboxylic acids is 2. The zero-order chi connectivity index (χ0) is 20.7. The van der Waals surface area contributed by atoms with Crippen LogP contribution in [0, 0.1) is 5.92 Å². The maximum Gasteiger partial charge on any atom is 0.408 e. The Hall–Kier alpha value is -1.60. The smallest absolute Gasteiger partial charge is 0.408 e. The number of nitrogens with zero attached hydrogens (tertiary/aromatic N) is 1. The molecule has 156 valence electrons. The fraction of sp³-hybridized carbons (Fsp3) is 0.619. The number of carbonyl (C=O) groups is 2. The van der Waals surface area contributed by atoms with Gasteiger partial charge in [-0.2, -0.15) is 0 Å². The van der Waals surface area contributed by atoms with E-state index in [0.29, 0.717) is 0 Å². The Morgan fingerprint density at radius 3 is 2.36 bits per heavy atom. The second kappa shape index (κ2) is 10.3. The van der Waals surface area contributed by atoms with E-state index in [1.54, 1.807) is 0 Å². The molecule has 0 spiro atoms. The second-order valence-electron chi connectivity index (χ2n) is 8.18. The zero-order valence-corrected chi connectivity index (χ0v) is 18.8. The number of nitrogens with one attached hydrogen (secondary N) is 1. The van der Waals surface area contributed by atoms with Crippen molar-refractivity contribution in [3.8, 4) is 0 Å². The number of rotatable bonds is 6. The molecule has 0 unspecified atom stereocenters. The van der Waals surface area contributed by atoms with Gasteiger partial charge in [-0.05, 0) is 70.8 Å². The van der Waals surface area contributed by atoms with E-state index in [4.69, 9.17) is 9.47 Å². The number of esters is 1. The molecular formula is C21H31BrN2O4. The summed E-state index contributed by atoms with van der Waals surface area (Å²) in [7, 11) is 1.44. The van der Waals surface area contributed by atoms with Gasteiger partial charge in [0.2, 0.25) is 0 Å². The first-order chi connectivity index (χ1) is 13.2. The molecule has 0 radical (unpaired) electrons. The number of halogens is 1. The Kier molecular flexibility index (Phi) is 8.31. The van der Waals surface area contributed by atoms with Crippen LogP contribution in [0.1, 0.15) is 51.6 Å². The second-order valence-corrected chi connectivity index (χ2v) is 9.09. The van der Waals surface area contributed by atoms with Gasteiger partial charge in [0.1, 0.15) is 5.60 Å². The lowest BCUT2D eigenvalue weighted by Gasteiger charge is -2.32. The summed E-state index contributed by atoms with van der Waals surface area (Å²) in [4.78, 5) is 26.3. The number of alkyl carbamates (subject to hydrolysis) is 1. The number of ether oxygens (including phenoxy) is 2. The highest BCUT2D eigenvalue weighted by molar-refractivity contribution is 9.10. The van der Waals surface area contributed by atoms with E-state index in [9.17, 15) is 9.59 Å². The van der Waals surface area contributed by atoms with Crippen molar-refractivity contribution >= 4 is 28.0 Å². The van der Waals surface area contributed by atoms with Crippen LogP contribution in [0.2, 0.25) is 0 Å². The maximum absolute atomic E-state index is 12.3. The Morgan fingerprint density at radius 2 is 1.82 bits per heavy atom. The Bertz CT molecular complexity index is 649. The molecule has 0 bridgehead atoms. The third kappa shape index (κ3) is 7.43. The topological polar surface area (TPSA) is 67.9 Å². The van der Waals surface area contributed by atoms with Gasteiger partial charge in [0.15, 0.2) is 0 Å². The molecule has 1 amide bonds. The van der Waals surface area contributed by atoms with E-state index in [2.05, 4.69) is 26.1 Å². The van der Waals surface area contributed by atoms with Gasteiger partial charge in [0.25, 0.3) is 0 Å². The third-order valence-corrected chi connectivity index (χ3v) is 5.35. The van der Waals surface area contributed by atoms with Gasteiger partial charge < -0.3 is 19.7 Å². The SMILES string of the molecule is COC(=O)C1CCN(CC[C@@H](NC(=O)OC(C)(C)C)c2ccc(Br)cc2)CC1. The van der Waals surface area contributed by atoms with E-state index in [1.165, 1.54) is 7.11 Å². The summed E-state index contributed by atoms with van der Waals surface area (Å²) in [6.07, 6.45) is 1.98. The van der Waals surface area contributed by atoms with Gasteiger partial charge in [-0.3, -0.25) is 4.79 Å². The zero-order valence-electron chi connectivity index (χ0n) is 17.2. The minimum Gasteiger partial charge on any atom is -0.469 e. The summed E-state index contributed by atoms with van der Waals surface area (Å²) < 4.78 is 11.3. The first kappa shape index (κ1) is 22.7. The first-order valence-corrected chi connectivity index (χ1v) is 10.5. The van der Waals surface area contributed by atoms with Crippen molar-refractivity contribution in [3.63, 3.8) is 0 Å². The van der Waals surface area contributed by atoms with Gasteiger partial charge in [-0.1, -0.05) is 28.1 Å². The third-order valence-electron chi connectivity index (χ3n) is 4.82. The lowest BCUT2D eigenvalue weighted by molar-refractivity contribution is -0.147. The quantitative estimate of drug-likeness (QED) is 0.649.